The van der Waals surface area contributed by atoms with E-state index in [9.17, 15) is 4.79 Å². The summed E-state index contributed by atoms with van der Waals surface area (Å²) in [4.78, 5) is 18.6. The smallest absolute Gasteiger partial charge is 0.333 e. The molecule has 6 heteroatoms. The van der Waals surface area contributed by atoms with Gasteiger partial charge in [0.15, 0.2) is 0 Å². The van der Waals surface area contributed by atoms with Crippen LogP contribution in [0.5, 0.6) is 0 Å². The quantitative estimate of drug-likeness (QED) is 0.352. The van der Waals surface area contributed by atoms with Crippen LogP contribution in [-0.4, -0.2) is 60.0 Å². The van der Waals surface area contributed by atoms with Gasteiger partial charge in [-0.1, -0.05) is 42.5 Å². The van der Waals surface area contributed by atoms with Crippen LogP contribution in [0.15, 0.2) is 77.6 Å². The van der Waals surface area contributed by atoms with Crippen molar-refractivity contribution in [2.45, 2.75) is 38.8 Å². The fourth-order valence-corrected chi connectivity index (χ4v) is 5.31. The Kier molecular flexibility index (Phi) is 7.22. The Balaban J connectivity index is 1.44. The Morgan fingerprint density at radius 3 is 2.19 bits per heavy atom. The number of aromatic nitrogens is 2. The first kappa shape index (κ1) is 25.3. The molecule has 0 unspecified atom stereocenters. The van der Waals surface area contributed by atoms with Gasteiger partial charge in [-0.05, 0) is 68.8 Å². The molecule has 1 saturated heterocycles. The summed E-state index contributed by atoms with van der Waals surface area (Å²) < 4.78 is 9.36. The third-order valence-corrected chi connectivity index (χ3v) is 7.65. The summed E-state index contributed by atoms with van der Waals surface area (Å²) in [5, 5.41) is 0. The van der Waals surface area contributed by atoms with Crippen LogP contribution in [0, 0.1) is 0 Å². The zero-order valence-electron chi connectivity index (χ0n) is 22.5. The monoisotopic (exact) mass is 498 g/mol. The van der Waals surface area contributed by atoms with E-state index in [1.807, 2.05) is 39.5 Å². The van der Waals surface area contributed by atoms with Gasteiger partial charge in [0, 0.05) is 51.9 Å². The molecule has 1 fully saturated rings. The number of ether oxygens (including phenoxy) is 1. The molecule has 37 heavy (non-hydrogen) atoms. The number of nitrogens with zero attached hydrogens (tertiary/aromatic N) is 4. The number of piperazine rings is 1. The third kappa shape index (κ3) is 5.36. The van der Waals surface area contributed by atoms with Crippen molar-refractivity contribution in [3.63, 3.8) is 0 Å². The fraction of sp³-hybridized carbons (Fsp3) is 0.387. The maximum atomic E-state index is 13.8. The van der Waals surface area contributed by atoms with Gasteiger partial charge in [-0.3, -0.25) is 9.13 Å². The van der Waals surface area contributed by atoms with Crippen LogP contribution in [0.4, 0.5) is 5.69 Å². The Morgan fingerprint density at radius 1 is 0.838 bits per heavy atom. The van der Waals surface area contributed by atoms with Gasteiger partial charge in [0.25, 0.3) is 0 Å². The zero-order valence-corrected chi connectivity index (χ0v) is 22.5. The van der Waals surface area contributed by atoms with Gasteiger partial charge >= 0.3 is 5.69 Å². The summed E-state index contributed by atoms with van der Waals surface area (Å²) in [6.07, 6.45) is 1.62. The van der Waals surface area contributed by atoms with Gasteiger partial charge in [0.1, 0.15) is 0 Å². The van der Waals surface area contributed by atoms with E-state index < -0.39 is 0 Å². The molecule has 6 nitrogen and oxygen atoms in total. The predicted octanol–water partition coefficient (Wildman–Crippen LogP) is 4.75. The van der Waals surface area contributed by atoms with E-state index in [0.29, 0.717) is 6.54 Å². The maximum absolute atomic E-state index is 13.8. The lowest BCUT2D eigenvalue weighted by Gasteiger charge is -2.35. The molecular formula is C31H38N4O2. The maximum Gasteiger partial charge on any atom is 0.333 e. The molecule has 0 radical (unpaired) electrons. The molecule has 0 bridgehead atoms. The highest BCUT2D eigenvalue weighted by molar-refractivity contribution is 5.78. The van der Waals surface area contributed by atoms with Gasteiger partial charge in [-0.25, -0.2) is 4.79 Å². The first-order chi connectivity index (χ1) is 17.9. The standard InChI is InChI=1S/C31H38N4O2/c1-31(2,37-4)23-24-13-15-26(16-14-24)35-29-12-8-7-11-28(29)34(30(35)36)18-17-25-9-5-6-10-27(25)33-21-19-32(3)20-22-33/h5-16H,17-23H2,1-4H3. The molecule has 0 N–H and O–H groups in total. The van der Waals surface area contributed by atoms with Crippen LogP contribution in [0.1, 0.15) is 25.0 Å². The molecule has 1 aromatic heterocycles. The van der Waals surface area contributed by atoms with Gasteiger partial charge in [0.05, 0.1) is 22.3 Å². The summed E-state index contributed by atoms with van der Waals surface area (Å²) >= 11 is 0. The number of hydrogen-bond acceptors (Lipinski definition) is 4. The highest BCUT2D eigenvalue weighted by Crippen LogP contribution is 2.24. The predicted molar refractivity (Wildman–Crippen MR) is 152 cm³/mol. The number of hydrogen-bond donors (Lipinski definition) is 0. The zero-order chi connectivity index (χ0) is 26.0. The van der Waals surface area contributed by atoms with Crippen molar-refractivity contribution in [2.75, 3.05) is 45.2 Å². The first-order valence-corrected chi connectivity index (χ1v) is 13.2. The molecule has 0 spiro atoms. The van der Waals surface area contributed by atoms with Gasteiger partial charge in [0.2, 0.25) is 0 Å². The summed E-state index contributed by atoms with van der Waals surface area (Å²) in [5.41, 5.74) is 6.34. The molecule has 0 amide bonds. The Bertz CT molecular complexity index is 1410. The molecule has 3 aromatic carbocycles. The van der Waals surface area contributed by atoms with E-state index in [2.05, 4.69) is 73.2 Å². The number of benzene rings is 3. The van der Waals surface area contributed by atoms with Gasteiger partial charge in [-0.15, -0.1) is 0 Å². The fourth-order valence-electron chi connectivity index (χ4n) is 5.31. The number of para-hydroxylation sites is 3. The van der Waals surface area contributed by atoms with Crippen LogP contribution >= 0.6 is 0 Å². The van der Waals surface area contributed by atoms with Crippen LogP contribution in [0.25, 0.3) is 16.7 Å². The molecule has 194 valence electrons. The number of fused-ring (bicyclic) bond motifs is 1. The Labute approximate surface area is 219 Å². The van der Waals surface area contributed by atoms with Crippen molar-refractivity contribution < 1.29 is 4.74 Å². The minimum Gasteiger partial charge on any atom is -0.378 e. The number of rotatable bonds is 8. The van der Waals surface area contributed by atoms with Gasteiger partial charge < -0.3 is 14.5 Å². The second kappa shape index (κ2) is 10.6. The number of aryl methyl sites for hydroxylation is 2. The molecule has 0 atom stereocenters. The SMILES string of the molecule is COC(C)(C)Cc1ccc(-n2c(=O)n(CCc3ccccc3N3CCN(C)CC3)c3ccccc32)cc1. The second-order valence-corrected chi connectivity index (χ2v) is 10.7. The van der Waals surface area contributed by atoms with Crippen molar-refractivity contribution >= 4 is 16.7 Å². The molecule has 0 aliphatic carbocycles. The highest BCUT2D eigenvalue weighted by atomic mass is 16.5. The van der Waals surface area contributed by atoms with E-state index in [1.54, 1.807) is 7.11 Å². The van der Waals surface area contributed by atoms with Crippen LogP contribution < -0.4 is 10.6 Å². The summed E-state index contributed by atoms with van der Waals surface area (Å²) in [5.74, 6) is 0. The van der Waals surface area contributed by atoms with Crippen LogP contribution in [0.3, 0.4) is 0 Å². The average molecular weight is 499 g/mol. The summed E-state index contributed by atoms with van der Waals surface area (Å²) in [7, 11) is 3.92. The largest absolute Gasteiger partial charge is 0.378 e. The Morgan fingerprint density at radius 2 is 1.49 bits per heavy atom. The van der Waals surface area contributed by atoms with Gasteiger partial charge in [-0.2, -0.15) is 0 Å². The molecule has 2 heterocycles. The number of likely N-dealkylation sites (N-methyl/N-ethyl adjacent to an activating group) is 1. The van der Waals surface area contributed by atoms with Crippen molar-refractivity contribution in [2.24, 2.45) is 0 Å². The number of methoxy groups -OCH3 is 1. The van der Waals surface area contributed by atoms with E-state index in [0.717, 1.165) is 55.7 Å². The first-order valence-electron chi connectivity index (χ1n) is 13.2. The lowest BCUT2D eigenvalue weighted by atomic mass is 9.98. The highest BCUT2D eigenvalue weighted by Gasteiger charge is 2.20. The van der Waals surface area contributed by atoms with Crippen LogP contribution in [-0.2, 0) is 24.1 Å². The molecule has 1 aliphatic heterocycles. The molecular weight excluding hydrogens is 460 g/mol. The number of anilines is 1. The van der Waals surface area contributed by atoms with Crippen molar-refractivity contribution in [3.8, 4) is 5.69 Å². The second-order valence-electron chi connectivity index (χ2n) is 10.7. The van der Waals surface area contributed by atoms with E-state index in [4.69, 9.17) is 4.74 Å². The van der Waals surface area contributed by atoms with E-state index >= 15 is 0 Å². The van der Waals surface area contributed by atoms with E-state index in [-0.39, 0.29) is 11.3 Å². The van der Waals surface area contributed by atoms with Crippen molar-refractivity contribution in [1.82, 2.24) is 14.0 Å². The summed E-state index contributed by atoms with van der Waals surface area (Å²) in [6.45, 7) is 9.01. The minimum absolute atomic E-state index is 0.00301. The summed E-state index contributed by atoms with van der Waals surface area (Å²) in [6, 6.07) is 25.0. The van der Waals surface area contributed by atoms with Crippen LogP contribution in [0.2, 0.25) is 0 Å². The lowest BCUT2D eigenvalue weighted by Crippen LogP contribution is -2.44. The molecule has 4 aromatic rings. The molecule has 1 aliphatic rings. The van der Waals surface area contributed by atoms with Crippen molar-refractivity contribution in [1.29, 1.82) is 0 Å². The van der Waals surface area contributed by atoms with Crippen molar-refractivity contribution in [3.05, 3.63) is 94.4 Å². The topological polar surface area (TPSA) is 42.6 Å². The third-order valence-electron chi connectivity index (χ3n) is 7.65. The minimum atomic E-state index is -0.227. The molecule has 5 rings (SSSR count). The molecule has 0 saturated carbocycles. The lowest BCUT2D eigenvalue weighted by molar-refractivity contribution is 0.0232. The Hall–Kier alpha value is -3.35. The van der Waals surface area contributed by atoms with E-state index in [1.165, 1.54) is 16.8 Å². The normalized spacial score (nSPS) is 15.0. The average Bonchev–Trinajstić information content (AvgIpc) is 3.19. The number of imidazole rings is 1.